The summed E-state index contributed by atoms with van der Waals surface area (Å²) >= 11 is 1.68. The van der Waals surface area contributed by atoms with Crippen LogP contribution in [-0.4, -0.2) is 11.7 Å². The van der Waals surface area contributed by atoms with Gasteiger partial charge in [0.05, 0.1) is 0 Å². The zero-order valence-electron chi connectivity index (χ0n) is 11.8. The number of hydrogen-bond donors (Lipinski definition) is 3. The highest BCUT2D eigenvalue weighted by Crippen LogP contribution is 2.32. The maximum Gasteiger partial charge on any atom is 0.118 e. The Kier molecular flexibility index (Phi) is 4.77. The molecule has 3 nitrogen and oxygen atoms in total. The minimum absolute atomic E-state index is 0.201. The summed E-state index contributed by atoms with van der Waals surface area (Å²) in [5.41, 5.74) is 6.31. The zero-order chi connectivity index (χ0) is 13.8. The Balaban J connectivity index is 2.29. The number of aryl methyl sites for hydroxylation is 2. The van der Waals surface area contributed by atoms with Gasteiger partial charge < -0.3 is 15.1 Å². The van der Waals surface area contributed by atoms with Crippen LogP contribution in [0.4, 0.5) is 0 Å². The van der Waals surface area contributed by atoms with Crippen molar-refractivity contribution in [3.63, 3.8) is 0 Å². The lowest BCUT2D eigenvalue weighted by Crippen LogP contribution is -2.26. The van der Waals surface area contributed by atoms with Gasteiger partial charge in [0.2, 0.25) is 0 Å². The molecule has 0 fully saturated rings. The van der Waals surface area contributed by atoms with Gasteiger partial charge in [0.25, 0.3) is 0 Å². The maximum atomic E-state index is 9.15. The summed E-state index contributed by atoms with van der Waals surface area (Å²) < 4.78 is 3.27. The summed E-state index contributed by atoms with van der Waals surface area (Å²) in [6, 6.07) is 4.44. The molecular formula is C15H22N2OS. The first-order valence-corrected chi connectivity index (χ1v) is 7.61. The minimum Gasteiger partial charge on any atom is -0.396 e. The van der Waals surface area contributed by atoms with Crippen LogP contribution in [0.15, 0.2) is 24.0 Å². The van der Waals surface area contributed by atoms with E-state index in [1.165, 1.54) is 28.0 Å². The van der Waals surface area contributed by atoms with Crippen LogP contribution in [0.3, 0.4) is 0 Å². The van der Waals surface area contributed by atoms with E-state index in [1.807, 2.05) is 6.20 Å². The SMILES string of the molecule is CCC1=CNSC(c2cc(CCO)c(C)cc2C)N1. The highest BCUT2D eigenvalue weighted by atomic mass is 32.2. The number of aliphatic hydroxyl groups is 1. The molecule has 4 heteroatoms. The van der Waals surface area contributed by atoms with Crippen LogP contribution in [0.2, 0.25) is 0 Å². The molecule has 1 aromatic rings. The van der Waals surface area contributed by atoms with Gasteiger partial charge >= 0.3 is 0 Å². The van der Waals surface area contributed by atoms with Crippen LogP contribution in [0.5, 0.6) is 0 Å². The van der Waals surface area contributed by atoms with Gasteiger partial charge in [-0.3, -0.25) is 0 Å². The standard InChI is InChI=1S/C15H22N2OS/c1-4-13-9-16-19-15(17-13)14-8-12(5-6-18)10(2)7-11(14)3/h7-9,15-18H,4-6H2,1-3H3. The number of allylic oxidation sites excluding steroid dienone is 1. The van der Waals surface area contributed by atoms with Crippen LogP contribution in [0.25, 0.3) is 0 Å². The molecule has 2 rings (SSSR count). The molecular weight excluding hydrogens is 256 g/mol. The molecule has 0 aromatic heterocycles. The molecule has 19 heavy (non-hydrogen) atoms. The fourth-order valence-electron chi connectivity index (χ4n) is 2.35. The Morgan fingerprint density at radius 3 is 2.74 bits per heavy atom. The van der Waals surface area contributed by atoms with Gasteiger partial charge in [-0.25, -0.2) is 0 Å². The minimum atomic E-state index is 0.201. The van der Waals surface area contributed by atoms with E-state index in [0.717, 1.165) is 12.8 Å². The molecule has 1 aliphatic rings. The van der Waals surface area contributed by atoms with Crippen molar-refractivity contribution in [2.75, 3.05) is 6.61 Å². The van der Waals surface area contributed by atoms with E-state index >= 15 is 0 Å². The first kappa shape index (κ1) is 14.3. The van der Waals surface area contributed by atoms with Crippen molar-refractivity contribution in [2.24, 2.45) is 0 Å². The molecule has 0 radical (unpaired) electrons. The summed E-state index contributed by atoms with van der Waals surface area (Å²) in [4.78, 5) is 0. The first-order chi connectivity index (χ1) is 9.15. The first-order valence-electron chi connectivity index (χ1n) is 6.73. The topological polar surface area (TPSA) is 44.3 Å². The van der Waals surface area contributed by atoms with Gasteiger partial charge in [0, 0.05) is 18.5 Å². The van der Waals surface area contributed by atoms with Gasteiger partial charge in [-0.15, -0.1) is 0 Å². The summed E-state index contributed by atoms with van der Waals surface area (Å²) in [6.07, 6.45) is 3.75. The van der Waals surface area contributed by atoms with Crippen molar-refractivity contribution in [1.82, 2.24) is 10.0 Å². The summed E-state index contributed by atoms with van der Waals surface area (Å²) in [5, 5.41) is 12.9. The molecule has 0 bridgehead atoms. The van der Waals surface area contributed by atoms with E-state index in [4.69, 9.17) is 5.11 Å². The number of aliphatic hydroxyl groups excluding tert-OH is 1. The number of rotatable bonds is 4. The molecule has 1 aliphatic heterocycles. The third-order valence-corrected chi connectivity index (χ3v) is 4.37. The Bertz CT molecular complexity index is 485. The molecule has 1 aromatic carbocycles. The average molecular weight is 278 g/mol. The molecule has 0 aliphatic carbocycles. The highest BCUT2D eigenvalue weighted by molar-refractivity contribution is 7.97. The van der Waals surface area contributed by atoms with Crippen LogP contribution in [-0.2, 0) is 6.42 Å². The average Bonchev–Trinajstić information content (AvgIpc) is 2.42. The molecule has 0 amide bonds. The molecule has 3 N–H and O–H groups in total. The van der Waals surface area contributed by atoms with E-state index in [1.54, 1.807) is 11.9 Å². The van der Waals surface area contributed by atoms with E-state index in [2.05, 4.69) is 42.9 Å². The molecule has 0 spiro atoms. The van der Waals surface area contributed by atoms with Gasteiger partial charge in [-0.2, -0.15) is 0 Å². The van der Waals surface area contributed by atoms with E-state index in [0.29, 0.717) is 0 Å². The summed E-state index contributed by atoms with van der Waals surface area (Å²) in [6.45, 7) is 6.61. The van der Waals surface area contributed by atoms with Crippen molar-refractivity contribution >= 4 is 11.9 Å². The lowest BCUT2D eigenvalue weighted by atomic mass is 9.98. The highest BCUT2D eigenvalue weighted by Gasteiger charge is 2.19. The Hall–Kier alpha value is -1.13. The van der Waals surface area contributed by atoms with E-state index in [9.17, 15) is 0 Å². The van der Waals surface area contributed by atoms with Gasteiger partial charge in [0.15, 0.2) is 0 Å². The van der Waals surface area contributed by atoms with Gasteiger partial charge in [-0.05, 0) is 60.9 Å². The summed E-state index contributed by atoms with van der Waals surface area (Å²) in [7, 11) is 0. The quantitative estimate of drug-likeness (QED) is 0.741. The lowest BCUT2D eigenvalue weighted by molar-refractivity contribution is 0.299. The molecule has 1 unspecified atom stereocenters. The molecule has 104 valence electrons. The second-order valence-corrected chi connectivity index (χ2v) is 5.83. The van der Waals surface area contributed by atoms with Crippen LogP contribution in [0, 0.1) is 13.8 Å². The monoisotopic (exact) mass is 278 g/mol. The molecule has 1 heterocycles. The normalized spacial score (nSPS) is 18.5. The Labute approximate surface area is 119 Å². The smallest absolute Gasteiger partial charge is 0.118 e. The Morgan fingerprint density at radius 2 is 2.05 bits per heavy atom. The van der Waals surface area contributed by atoms with Gasteiger partial charge in [-0.1, -0.05) is 19.1 Å². The van der Waals surface area contributed by atoms with Crippen molar-refractivity contribution in [2.45, 2.75) is 39.0 Å². The third-order valence-electron chi connectivity index (χ3n) is 3.50. The largest absolute Gasteiger partial charge is 0.396 e. The maximum absolute atomic E-state index is 9.15. The molecule has 1 atom stereocenters. The summed E-state index contributed by atoms with van der Waals surface area (Å²) in [5.74, 6) is 0. The predicted octanol–water partition coefficient (Wildman–Crippen LogP) is 2.93. The van der Waals surface area contributed by atoms with Crippen LogP contribution < -0.4 is 10.0 Å². The van der Waals surface area contributed by atoms with Crippen molar-refractivity contribution in [3.05, 3.63) is 46.3 Å². The number of hydrogen-bond acceptors (Lipinski definition) is 4. The number of benzene rings is 1. The van der Waals surface area contributed by atoms with Gasteiger partial charge in [0.1, 0.15) is 5.37 Å². The number of nitrogens with one attached hydrogen (secondary N) is 2. The predicted molar refractivity (Wildman–Crippen MR) is 81.7 cm³/mol. The van der Waals surface area contributed by atoms with Crippen molar-refractivity contribution < 1.29 is 5.11 Å². The molecule has 0 saturated heterocycles. The lowest BCUT2D eigenvalue weighted by Gasteiger charge is -2.27. The second-order valence-electron chi connectivity index (χ2n) is 4.89. The fraction of sp³-hybridized carbons (Fsp3) is 0.467. The van der Waals surface area contributed by atoms with Crippen molar-refractivity contribution in [1.29, 1.82) is 0 Å². The van der Waals surface area contributed by atoms with Crippen LogP contribution in [0.1, 0.15) is 41.0 Å². The second kappa shape index (κ2) is 6.35. The third kappa shape index (κ3) is 3.25. The van der Waals surface area contributed by atoms with Crippen molar-refractivity contribution in [3.8, 4) is 0 Å². The molecule has 0 saturated carbocycles. The van der Waals surface area contributed by atoms with Crippen LogP contribution >= 0.6 is 11.9 Å². The van der Waals surface area contributed by atoms with E-state index < -0.39 is 0 Å². The Morgan fingerprint density at radius 1 is 1.26 bits per heavy atom. The zero-order valence-corrected chi connectivity index (χ0v) is 12.6. The fourth-order valence-corrected chi connectivity index (χ4v) is 3.28. The van der Waals surface area contributed by atoms with E-state index in [-0.39, 0.29) is 12.0 Å².